The van der Waals surface area contributed by atoms with Crippen LogP contribution in [-0.2, 0) is 9.84 Å². The molecule has 1 aliphatic carbocycles. The lowest BCUT2D eigenvalue weighted by molar-refractivity contribution is -0.0516. The molecule has 4 nitrogen and oxygen atoms in total. The Morgan fingerprint density at radius 1 is 1.00 bits per heavy atom. The maximum absolute atomic E-state index is 11.3. The second kappa shape index (κ2) is 2.93. The number of sulfone groups is 1. The zero-order valence-electron chi connectivity index (χ0n) is 7.26. The fourth-order valence-corrected chi connectivity index (χ4v) is 5.11. The second-order valence-electron chi connectivity index (χ2n) is 4.10. The highest BCUT2D eigenvalue weighted by Gasteiger charge is 2.56. The van der Waals surface area contributed by atoms with Crippen molar-refractivity contribution in [1.29, 1.82) is 0 Å². The number of fused-ring (bicyclic) bond motifs is 1. The maximum atomic E-state index is 11.3. The van der Waals surface area contributed by atoms with Crippen molar-refractivity contribution in [3.8, 4) is 0 Å². The van der Waals surface area contributed by atoms with Crippen molar-refractivity contribution in [3.05, 3.63) is 0 Å². The third-order valence-corrected chi connectivity index (χ3v) is 5.30. The van der Waals surface area contributed by atoms with Crippen LogP contribution < -0.4 is 0 Å². The van der Waals surface area contributed by atoms with E-state index < -0.39 is 9.84 Å². The molecule has 0 amide bonds. The highest BCUT2D eigenvalue weighted by molar-refractivity contribution is 7.91. The Morgan fingerprint density at radius 2 is 1.38 bits per heavy atom. The van der Waals surface area contributed by atoms with E-state index in [2.05, 4.69) is 0 Å². The van der Waals surface area contributed by atoms with Crippen LogP contribution >= 0.6 is 0 Å². The van der Waals surface area contributed by atoms with Crippen molar-refractivity contribution < 1.29 is 18.6 Å². The molecule has 2 N–H and O–H groups in total. The van der Waals surface area contributed by atoms with Gasteiger partial charge < -0.3 is 10.2 Å². The smallest absolute Gasteiger partial charge is 0.150 e. The molecule has 0 spiro atoms. The number of hydrogen-bond donors (Lipinski definition) is 2. The van der Waals surface area contributed by atoms with Crippen molar-refractivity contribution in [1.82, 2.24) is 0 Å². The average molecular weight is 206 g/mol. The molecular weight excluding hydrogens is 192 g/mol. The predicted octanol–water partition coefficient (Wildman–Crippen LogP) is -1.12. The number of hydrogen-bond acceptors (Lipinski definition) is 4. The van der Waals surface area contributed by atoms with Crippen LogP contribution in [0, 0.1) is 23.7 Å². The summed E-state index contributed by atoms with van der Waals surface area (Å²) in [6.45, 7) is 0.00380. The molecule has 2 aliphatic rings. The molecule has 1 aliphatic heterocycles. The van der Waals surface area contributed by atoms with Gasteiger partial charge in [0.15, 0.2) is 9.84 Å². The van der Waals surface area contributed by atoms with Gasteiger partial charge in [0.1, 0.15) is 0 Å². The molecule has 2 fully saturated rings. The minimum Gasteiger partial charge on any atom is -0.396 e. The van der Waals surface area contributed by atoms with Crippen LogP contribution in [0.2, 0.25) is 0 Å². The molecule has 1 heterocycles. The van der Waals surface area contributed by atoms with Gasteiger partial charge in [-0.3, -0.25) is 0 Å². The van der Waals surface area contributed by atoms with E-state index in [9.17, 15) is 8.42 Å². The first-order chi connectivity index (χ1) is 6.09. The Labute approximate surface area is 77.5 Å². The van der Waals surface area contributed by atoms with Gasteiger partial charge in [0.25, 0.3) is 0 Å². The lowest BCUT2D eigenvalue weighted by Gasteiger charge is -2.46. The third-order valence-electron chi connectivity index (χ3n) is 3.51. The molecule has 1 saturated carbocycles. The Kier molecular flexibility index (Phi) is 2.13. The van der Waals surface area contributed by atoms with Crippen molar-refractivity contribution in [3.63, 3.8) is 0 Å². The summed E-state index contributed by atoms with van der Waals surface area (Å²) in [6.07, 6.45) is 0. The summed E-state index contributed by atoms with van der Waals surface area (Å²) in [5, 5.41) is 18.0. The monoisotopic (exact) mass is 206 g/mol. The van der Waals surface area contributed by atoms with Crippen LogP contribution in [0.4, 0.5) is 0 Å². The van der Waals surface area contributed by atoms with Crippen LogP contribution in [0.1, 0.15) is 0 Å². The minimum absolute atomic E-state index is 0.00190. The molecule has 0 aromatic carbocycles. The molecule has 0 aromatic heterocycles. The van der Waals surface area contributed by atoms with Gasteiger partial charge in [-0.15, -0.1) is 0 Å². The molecule has 13 heavy (non-hydrogen) atoms. The molecule has 0 bridgehead atoms. The summed E-state index contributed by atoms with van der Waals surface area (Å²) in [4.78, 5) is 0. The van der Waals surface area contributed by atoms with Gasteiger partial charge in [-0.2, -0.15) is 0 Å². The minimum atomic E-state index is -2.89. The van der Waals surface area contributed by atoms with Gasteiger partial charge in [0.2, 0.25) is 0 Å². The van der Waals surface area contributed by atoms with Crippen molar-refractivity contribution in [2.75, 3.05) is 24.7 Å². The first-order valence-electron chi connectivity index (χ1n) is 4.51. The number of aliphatic hydroxyl groups excluding tert-OH is 2. The van der Waals surface area contributed by atoms with E-state index in [1.165, 1.54) is 0 Å². The van der Waals surface area contributed by atoms with Crippen molar-refractivity contribution >= 4 is 9.84 Å². The summed E-state index contributed by atoms with van der Waals surface area (Å²) >= 11 is 0. The van der Waals surface area contributed by atoms with Crippen LogP contribution in [-0.4, -0.2) is 43.4 Å². The van der Waals surface area contributed by atoms with Crippen LogP contribution in [0.3, 0.4) is 0 Å². The van der Waals surface area contributed by atoms with Gasteiger partial charge in [-0.1, -0.05) is 0 Å². The summed E-state index contributed by atoms with van der Waals surface area (Å²) in [6, 6.07) is 0. The van der Waals surface area contributed by atoms with Gasteiger partial charge in [0, 0.05) is 13.2 Å². The van der Waals surface area contributed by atoms with Crippen molar-refractivity contribution in [2.24, 2.45) is 23.7 Å². The summed E-state index contributed by atoms with van der Waals surface area (Å²) in [5.41, 5.74) is 0. The molecular formula is C8H14O4S. The highest BCUT2D eigenvalue weighted by atomic mass is 32.2. The molecule has 0 aromatic rings. The second-order valence-corrected chi connectivity index (χ2v) is 6.25. The summed E-state index contributed by atoms with van der Waals surface area (Å²) < 4.78 is 22.5. The predicted molar refractivity (Wildman–Crippen MR) is 46.8 cm³/mol. The fourth-order valence-electron chi connectivity index (χ4n) is 2.81. The van der Waals surface area contributed by atoms with E-state index in [0.29, 0.717) is 0 Å². The van der Waals surface area contributed by atoms with Crippen LogP contribution in [0.5, 0.6) is 0 Å². The van der Waals surface area contributed by atoms with Gasteiger partial charge in [-0.05, 0) is 23.7 Å². The molecule has 1 saturated heterocycles. The number of rotatable bonds is 2. The Morgan fingerprint density at radius 3 is 1.69 bits per heavy atom. The van der Waals surface area contributed by atoms with E-state index in [0.717, 1.165) is 0 Å². The Balaban J connectivity index is 2.15. The quantitative estimate of drug-likeness (QED) is 0.600. The highest BCUT2D eigenvalue weighted by Crippen LogP contribution is 2.50. The van der Waals surface area contributed by atoms with Crippen LogP contribution in [0.15, 0.2) is 0 Å². The Hall–Kier alpha value is -0.130. The topological polar surface area (TPSA) is 74.6 Å². The fraction of sp³-hybridized carbons (Fsp3) is 1.00. The van der Waals surface area contributed by atoms with Gasteiger partial charge in [-0.25, -0.2) is 8.42 Å². The lowest BCUT2D eigenvalue weighted by atomic mass is 9.59. The first kappa shape index (κ1) is 9.43. The van der Waals surface area contributed by atoms with E-state index in [-0.39, 0.29) is 48.4 Å². The van der Waals surface area contributed by atoms with Gasteiger partial charge in [0.05, 0.1) is 11.5 Å². The molecule has 0 unspecified atom stereocenters. The summed E-state index contributed by atoms with van der Waals surface area (Å²) in [7, 11) is -2.89. The SMILES string of the molecule is O=S1(=O)C[C@H]2[C@H](CO)[C@@H](CO)[C@@H]2C1. The number of aliphatic hydroxyl groups is 2. The van der Waals surface area contributed by atoms with E-state index in [1.807, 2.05) is 0 Å². The van der Waals surface area contributed by atoms with Crippen LogP contribution in [0.25, 0.3) is 0 Å². The first-order valence-corrected chi connectivity index (χ1v) is 6.33. The largest absolute Gasteiger partial charge is 0.396 e. The molecule has 0 radical (unpaired) electrons. The average Bonchev–Trinajstić information content (AvgIpc) is 2.30. The maximum Gasteiger partial charge on any atom is 0.150 e. The van der Waals surface area contributed by atoms with Crippen molar-refractivity contribution in [2.45, 2.75) is 0 Å². The zero-order valence-corrected chi connectivity index (χ0v) is 8.07. The molecule has 5 heteroatoms. The van der Waals surface area contributed by atoms with Gasteiger partial charge >= 0.3 is 0 Å². The normalized spacial score (nSPS) is 46.9. The van der Waals surface area contributed by atoms with E-state index >= 15 is 0 Å². The molecule has 2 rings (SSSR count). The third kappa shape index (κ3) is 1.30. The molecule has 4 atom stereocenters. The summed E-state index contributed by atoms with van der Waals surface area (Å²) in [5.74, 6) is 0.637. The molecule has 76 valence electrons. The zero-order chi connectivity index (χ0) is 9.64. The van der Waals surface area contributed by atoms with E-state index in [4.69, 9.17) is 10.2 Å². The lowest BCUT2D eigenvalue weighted by Crippen LogP contribution is -2.49. The Bertz CT molecular complexity index is 273. The van der Waals surface area contributed by atoms with E-state index in [1.54, 1.807) is 0 Å². The standard InChI is InChI=1S/C8H14O4S/c9-1-5-6(2-10)8-4-13(11,12)3-7(5)8/h5-10H,1-4H2/t5-,6-,7+,8+/m1/s1.